The Hall–Kier alpha value is -4.78. The summed E-state index contributed by atoms with van der Waals surface area (Å²) in [7, 11) is 0. The summed E-state index contributed by atoms with van der Waals surface area (Å²) in [6.07, 6.45) is 2.39. The summed E-state index contributed by atoms with van der Waals surface area (Å²) in [5.41, 5.74) is 2.05. The molecule has 13 nitrogen and oxygen atoms in total. The maximum Gasteiger partial charge on any atom is 0.245 e. The molecule has 45 heavy (non-hydrogen) atoms. The lowest BCUT2D eigenvalue weighted by Crippen LogP contribution is -2.60. The topological polar surface area (TPSA) is 177 Å². The number of aliphatic hydroxyl groups is 1. The second-order valence-corrected chi connectivity index (χ2v) is 11.1. The van der Waals surface area contributed by atoms with Crippen molar-refractivity contribution in [3.63, 3.8) is 0 Å². The molecule has 2 aromatic carbocycles. The molecule has 13 heteroatoms. The average Bonchev–Trinajstić information content (AvgIpc) is 3.48. The molecule has 240 valence electrons. The summed E-state index contributed by atoms with van der Waals surface area (Å²) in [5.74, 6) is -1.56. The van der Waals surface area contributed by atoms with Crippen molar-refractivity contribution in [3.8, 4) is 5.75 Å². The van der Waals surface area contributed by atoms with E-state index in [1.807, 2.05) is 37.3 Å². The molecule has 0 aliphatic carbocycles. The van der Waals surface area contributed by atoms with Gasteiger partial charge in [-0.05, 0) is 36.6 Å². The molecule has 5 rings (SSSR count). The van der Waals surface area contributed by atoms with Crippen molar-refractivity contribution in [1.29, 1.82) is 0 Å². The fraction of sp³-hybridized carbons (Fsp3) is 0.438. The van der Waals surface area contributed by atoms with Crippen LogP contribution in [0.15, 0.2) is 60.8 Å². The summed E-state index contributed by atoms with van der Waals surface area (Å²) >= 11 is 0. The molecule has 4 amide bonds. The monoisotopic (exact) mass is 619 g/mol. The zero-order chi connectivity index (χ0) is 32.2. The Labute approximate surface area is 262 Å². The van der Waals surface area contributed by atoms with Gasteiger partial charge in [0.2, 0.25) is 23.6 Å². The largest absolute Gasteiger partial charge is 0.492 e. The summed E-state index contributed by atoms with van der Waals surface area (Å²) in [6, 6.07) is 12.9. The van der Waals surface area contributed by atoms with Gasteiger partial charge in [0.1, 0.15) is 36.2 Å². The van der Waals surface area contributed by atoms with Gasteiger partial charge in [-0.25, -0.2) is 4.68 Å². The van der Waals surface area contributed by atoms with Crippen molar-refractivity contribution in [2.45, 2.75) is 83.3 Å². The smallest absolute Gasteiger partial charge is 0.245 e. The summed E-state index contributed by atoms with van der Waals surface area (Å²) in [5, 5.41) is 29.6. The molecule has 4 atom stereocenters. The summed E-state index contributed by atoms with van der Waals surface area (Å²) in [4.78, 5) is 53.2. The first-order chi connectivity index (χ1) is 21.7. The number of rotatable bonds is 6. The molecule has 0 saturated heterocycles. The summed E-state index contributed by atoms with van der Waals surface area (Å²) < 4.78 is 7.41. The van der Waals surface area contributed by atoms with E-state index in [0.29, 0.717) is 37.4 Å². The fourth-order valence-electron chi connectivity index (χ4n) is 4.88. The van der Waals surface area contributed by atoms with Crippen molar-refractivity contribution in [1.82, 2.24) is 36.3 Å². The Balaban J connectivity index is 1.59. The van der Waals surface area contributed by atoms with Crippen LogP contribution in [0.3, 0.4) is 0 Å². The van der Waals surface area contributed by atoms with E-state index in [4.69, 9.17) is 4.74 Å². The number of benzene rings is 2. The Morgan fingerprint density at radius 3 is 2.42 bits per heavy atom. The van der Waals surface area contributed by atoms with E-state index in [1.165, 1.54) is 6.92 Å². The molecule has 5 N–H and O–H groups in total. The minimum atomic E-state index is -1.38. The van der Waals surface area contributed by atoms with Gasteiger partial charge in [0.25, 0.3) is 0 Å². The molecule has 0 unspecified atom stereocenters. The predicted octanol–water partition coefficient (Wildman–Crippen LogP) is 0.798. The van der Waals surface area contributed by atoms with Crippen molar-refractivity contribution >= 4 is 23.6 Å². The van der Waals surface area contributed by atoms with Gasteiger partial charge < -0.3 is 31.1 Å². The predicted molar refractivity (Wildman–Crippen MR) is 165 cm³/mol. The number of nitrogens with zero attached hydrogens (tertiary/aromatic N) is 3. The van der Waals surface area contributed by atoms with Crippen molar-refractivity contribution < 1.29 is 29.0 Å². The number of aliphatic hydroxyl groups excluding tert-OH is 1. The number of carbonyl (C=O) groups excluding carboxylic acids is 4. The zero-order valence-electron chi connectivity index (χ0n) is 25.6. The van der Waals surface area contributed by atoms with Crippen molar-refractivity contribution in [2.75, 3.05) is 6.61 Å². The number of fused-ring (bicyclic) bond motifs is 16. The van der Waals surface area contributed by atoms with E-state index in [-0.39, 0.29) is 25.3 Å². The number of carbonyl (C=O) groups is 4. The van der Waals surface area contributed by atoms with E-state index in [9.17, 15) is 24.3 Å². The number of unbranched alkanes of at least 4 members (excludes halogenated alkanes) is 1. The lowest BCUT2D eigenvalue weighted by molar-refractivity contribution is -0.135. The highest BCUT2D eigenvalue weighted by Crippen LogP contribution is 2.14. The highest BCUT2D eigenvalue weighted by molar-refractivity contribution is 5.94. The number of aromatic nitrogens is 3. The van der Waals surface area contributed by atoms with Gasteiger partial charge in [0.05, 0.1) is 31.8 Å². The molecule has 3 heterocycles. The van der Waals surface area contributed by atoms with Crippen LogP contribution >= 0.6 is 0 Å². The number of hydrogen-bond acceptors (Lipinski definition) is 8. The zero-order valence-corrected chi connectivity index (χ0v) is 25.6. The van der Waals surface area contributed by atoms with Crippen LogP contribution in [-0.4, -0.2) is 74.6 Å². The summed E-state index contributed by atoms with van der Waals surface area (Å²) in [6.45, 7) is 4.14. The van der Waals surface area contributed by atoms with Gasteiger partial charge in [-0.15, -0.1) is 5.10 Å². The minimum Gasteiger partial charge on any atom is -0.492 e. The van der Waals surface area contributed by atoms with Gasteiger partial charge in [0, 0.05) is 6.42 Å². The molecule has 4 bridgehead atoms. The Bertz CT molecular complexity index is 1430. The SMILES string of the molecule is CCCC[C@@H]1NC(=O)Cc2ccc(cc2)OCCn2cc(nn2)CNC(=O)[C@@H](Cc2ccccc2)NC(=O)[C@H]([C@@H](C)O)NC1=O. The molecule has 0 fully saturated rings. The molecule has 0 radical (unpaired) electrons. The first-order valence-corrected chi connectivity index (χ1v) is 15.2. The maximum atomic E-state index is 13.5. The van der Waals surface area contributed by atoms with Crippen LogP contribution in [0, 0.1) is 0 Å². The quantitative estimate of drug-likeness (QED) is 0.252. The Morgan fingerprint density at radius 1 is 0.956 bits per heavy atom. The highest BCUT2D eigenvalue weighted by atomic mass is 16.5. The minimum absolute atomic E-state index is 0.0362. The third kappa shape index (κ3) is 10.1. The van der Waals surface area contributed by atoms with E-state index in [0.717, 1.165) is 17.5 Å². The van der Waals surface area contributed by atoms with Crippen LogP contribution in [0.2, 0.25) is 0 Å². The molecule has 1 aromatic heterocycles. The molecule has 2 aliphatic rings. The highest BCUT2D eigenvalue weighted by Gasteiger charge is 2.32. The van der Waals surface area contributed by atoms with Crippen LogP contribution in [0.25, 0.3) is 0 Å². The molecule has 0 spiro atoms. The second kappa shape index (κ2) is 16.3. The number of amides is 4. The van der Waals surface area contributed by atoms with Crippen molar-refractivity contribution in [2.24, 2.45) is 0 Å². The van der Waals surface area contributed by atoms with Gasteiger partial charge in [0.15, 0.2) is 0 Å². The van der Waals surface area contributed by atoms with E-state index in [1.54, 1.807) is 35.1 Å². The molecule has 2 aliphatic heterocycles. The van der Waals surface area contributed by atoms with Crippen LogP contribution in [-0.2, 0) is 45.1 Å². The fourth-order valence-corrected chi connectivity index (χ4v) is 4.88. The second-order valence-electron chi connectivity index (χ2n) is 11.1. The third-order valence-corrected chi connectivity index (χ3v) is 7.38. The van der Waals surface area contributed by atoms with Crippen molar-refractivity contribution in [3.05, 3.63) is 77.6 Å². The Kier molecular flexibility index (Phi) is 12.0. The maximum absolute atomic E-state index is 13.5. The van der Waals surface area contributed by atoms with E-state index < -0.39 is 42.0 Å². The van der Waals surface area contributed by atoms with Gasteiger partial charge in [-0.1, -0.05) is 67.4 Å². The van der Waals surface area contributed by atoms with Gasteiger partial charge >= 0.3 is 0 Å². The standard InChI is InChI=1S/C32H41N7O6/c1-3-4-10-26-31(43)36-29(21(2)40)32(44)35-27(17-22-8-6-5-7-9-22)30(42)33-19-24-20-39(38-37-24)15-16-45-25-13-11-23(12-14-25)18-28(41)34-26/h5-9,11-14,20-21,26-27,29,40H,3-4,10,15-19H2,1-2H3,(H,33,42)(H,34,41)(H,35,44)(H,36,43)/t21-,26+,27-,29+/m1/s1. The number of hydrogen-bond donors (Lipinski definition) is 5. The average molecular weight is 620 g/mol. The molecular weight excluding hydrogens is 578 g/mol. The normalized spacial score (nSPS) is 21.1. The third-order valence-electron chi connectivity index (χ3n) is 7.38. The first-order valence-electron chi connectivity index (χ1n) is 15.2. The Morgan fingerprint density at radius 2 is 1.71 bits per heavy atom. The van der Waals surface area contributed by atoms with E-state index in [2.05, 4.69) is 31.6 Å². The molecular formula is C32H41N7O6. The van der Waals surface area contributed by atoms with E-state index >= 15 is 0 Å². The number of ether oxygens (including phenoxy) is 1. The van der Waals surface area contributed by atoms with Crippen LogP contribution < -0.4 is 26.0 Å². The van der Waals surface area contributed by atoms with Gasteiger partial charge in [-0.2, -0.15) is 0 Å². The van der Waals surface area contributed by atoms with Crippen LogP contribution in [0.5, 0.6) is 5.75 Å². The lowest BCUT2D eigenvalue weighted by Gasteiger charge is -2.27. The van der Waals surface area contributed by atoms with Crippen LogP contribution in [0.4, 0.5) is 0 Å². The number of nitrogens with one attached hydrogen (secondary N) is 4. The molecule has 3 aromatic rings. The van der Waals surface area contributed by atoms with Crippen LogP contribution in [0.1, 0.15) is 49.9 Å². The lowest BCUT2D eigenvalue weighted by atomic mass is 10.0. The first kappa shape index (κ1) is 33.1. The molecule has 0 saturated carbocycles. The van der Waals surface area contributed by atoms with Gasteiger partial charge in [-0.3, -0.25) is 19.2 Å².